The first-order valence-corrected chi connectivity index (χ1v) is 9.79. The fourth-order valence-corrected chi connectivity index (χ4v) is 3.76. The fraction of sp³-hybridized carbons (Fsp3) is 0.227. The molecule has 0 bridgehead atoms. The van der Waals surface area contributed by atoms with E-state index in [9.17, 15) is 9.18 Å². The average molecular weight is 421 g/mol. The Morgan fingerprint density at radius 2 is 2.19 bits per heavy atom. The molecule has 5 rings (SSSR count). The molecule has 2 N–H and O–H groups in total. The quantitative estimate of drug-likeness (QED) is 0.614. The van der Waals surface area contributed by atoms with Crippen LogP contribution in [-0.2, 0) is 9.53 Å². The van der Waals surface area contributed by atoms with Crippen molar-refractivity contribution in [3.8, 4) is 17.0 Å². The smallest absolute Gasteiger partial charge is 0.258 e. The summed E-state index contributed by atoms with van der Waals surface area (Å²) in [6.07, 6.45) is 5.12. The average Bonchev–Trinajstić information content (AvgIpc) is 3.29. The highest BCUT2D eigenvalue weighted by molar-refractivity contribution is 6.32. The molecular weight excluding hydrogens is 401 g/mol. The van der Waals surface area contributed by atoms with Gasteiger partial charge in [0.15, 0.2) is 0 Å². The van der Waals surface area contributed by atoms with E-state index in [1.54, 1.807) is 24.4 Å². The van der Waals surface area contributed by atoms with E-state index in [4.69, 9.17) is 9.47 Å². The molecule has 158 valence electrons. The number of fused-ring (bicyclic) bond motifs is 1. The number of benzene rings is 1. The van der Waals surface area contributed by atoms with Crippen LogP contribution in [0.4, 0.5) is 15.8 Å². The summed E-state index contributed by atoms with van der Waals surface area (Å²) in [6.45, 7) is 3.11. The van der Waals surface area contributed by atoms with E-state index < -0.39 is 5.82 Å². The minimum Gasteiger partial charge on any atom is -0.496 e. The van der Waals surface area contributed by atoms with Gasteiger partial charge in [0.25, 0.3) is 5.91 Å². The minimum atomic E-state index is -0.447. The van der Waals surface area contributed by atoms with Crippen molar-refractivity contribution >= 4 is 22.9 Å². The number of carbonyl (C=O) groups excluding carboxylic acids is 1. The number of aromatic nitrogens is 3. The molecule has 0 unspecified atom stereocenters. The largest absolute Gasteiger partial charge is 0.496 e. The summed E-state index contributed by atoms with van der Waals surface area (Å²) < 4.78 is 26.9. The normalized spacial score (nSPS) is 17.1. The van der Waals surface area contributed by atoms with Gasteiger partial charge in [-0.25, -0.2) is 4.39 Å². The van der Waals surface area contributed by atoms with E-state index in [1.165, 1.54) is 19.4 Å². The van der Waals surface area contributed by atoms with E-state index in [0.29, 0.717) is 47.2 Å². The Labute approximate surface area is 177 Å². The zero-order valence-electron chi connectivity index (χ0n) is 17.0. The van der Waals surface area contributed by atoms with Gasteiger partial charge in [0, 0.05) is 17.5 Å². The van der Waals surface area contributed by atoms with Crippen molar-refractivity contribution in [2.75, 3.05) is 31.0 Å². The first kappa shape index (κ1) is 19.3. The van der Waals surface area contributed by atoms with Gasteiger partial charge in [0.2, 0.25) is 0 Å². The second kappa shape index (κ2) is 7.51. The number of hydrogen-bond acceptors (Lipinski definition) is 6. The highest BCUT2D eigenvalue weighted by Crippen LogP contribution is 2.38. The molecule has 0 spiro atoms. The summed E-state index contributed by atoms with van der Waals surface area (Å²) in [5.41, 5.74) is 3.73. The first-order chi connectivity index (χ1) is 15.0. The molecule has 0 aliphatic carbocycles. The molecule has 2 aliphatic heterocycles. The first-order valence-electron chi connectivity index (χ1n) is 9.79. The predicted octanol–water partition coefficient (Wildman–Crippen LogP) is 3.46. The summed E-state index contributed by atoms with van der Waals surface area (Å²) in [5, 5.41) is 10.4. The predicted molar refractivity (Wildman–Crippen MR) is 113 cm³/mol. The molecule has 0 radical (unpaired) electrons. The van der Waals surface area contributed by atoms with Gasteiger partial charge in [-0.2, -0.15) is 5.10 Å². The Morgan fingerprint density at radius 1 is 1.35 bits per heavy atom. The van der Waals surface area contributed by atoms with Crippen molar-refractivity contribution in [1.82, 2.24) is 14.8 Å². The Morgan fingerprint density at radius 3 is 2.94 bits per heavy atom. The topological polar surface area (TPSA) is 90.3 Å². The maximum atomic E-state index is 14.6. The number of nitrogens with one attached hydrogen (secondary N) is 2. The van der Waals surface area contributed by atoms with Crippen LogP contribution < -0.4 is 15.4 Å². The monoisotopic (exact) mass is 421 g/mol. The molecule has 1 amide bonds. The van der Waals surface area contributed by atoms with Gasteiger partial charge >= 0.3 is 0 Å². The summed E-state index contributed by atoms with van der Waals surface area (Å²) in [6, 6.07) is 6.54. The van der Waals surface area contributed by atoms with Crippen molar-refractivity contribution in [1.29, 1.82) is 0 Å². The van der Waals surface area contributed by atoms with Crippen molar-refractivity contribution in [3.63, 3.8) is 0 Å². The SMILES string of the molecule is COc1cccc(F)c1-c1cc2c(cn1)NC(=O)/C2=C(/C)Nc1cnn(C2COC2)c1. The molecule has 4 heterocycles. The highest BCUT2D eigenvalue weighted by atomic mass is 19.1. The summed E-state index contributed by atoms with van der Waals surface area (Å²) in [7, 11) is 1.48. The number of carbonyl (C=O) groups is 1. The highest BCUT2D eigenvalue weighted by Gasteiger charge is 2.29. The van der Waals surface area contributed by atoms with E-state index in [1.807, 2.05) is 17.8 Å². The lowest BCUT2D eigenvalue weighted by atomic mass is 10.0. The number of pyridine rings is 1. The molecule has 9 heteroatoms. The third-order valence-corrected chi connectivity index (χ3v) is 5.40. The van der Waals surface area contributed by atoms with Crippen molar-refractivity contribution in [2.45, 2.75) is 13.0 Å². The van der Waals surface area contributed by atoms with E-state index in [-0.39, 0.29) is 17.5 Å². The van der Waals surface area contributed by atoms with Gasteiger partial charge in [-0.3, -0.25) is 14.5 Å². The number of rotatable bonds is 5. The molecule has 31 heavy (non-hydrogen) atoms. The molecule has 8 nitrogen and oxygen atoms in total. The lowest BCUT2D eigenvalue weighted by molar-refractivity contribution is -0.110. The number of allylic oxidation sites excluding steroid dienone is 1. The van der Waals surface area contributed by atoms with Crippen LogP contribution >= 0.6 is 0 Å². The van der Waals surface area contributed by atoms with Gasteiger partial charge in [0.05, 0.1) is 67.0 Å². The molecule has 1 saturated heterocycles. The van der Waals surface area contributed by atoms with Gasteiger partial charge in [-0.15, -0.1) is 0 Å². The molecular formula is C22H20FN5O3. The molecule has 0 atom stereocenters. The Kier molecular flexibility index (Phi) is 4.67. The number of anilines is 2. The van der Waals surface area contributed by atoms with Crippen molar-refractivity contribution < 1.29 is 18.7 Å². The third kappa shape index (κ3) is 3.32. The molecule has 1 fully saturated rings. The van der Waals surface area contributed by atoms with Crippen molar-refractivity contribution in [3.05, 3.63) is 59.9 Å². The molecule has 2 aliphatic rings. The molecule has 1 aromatic carbocycles. The van der Waals surface area contributed by atoms with E-state index in [2.05, 4.69) is 20.7 Å². The number of amides is 1. The standard InChI is InChI=1S/C22H20FN5O3/c1-12(26-13-7-25-28(9-13)14-10-31-11-14)20-15-6-17(24-8-18(15)27-22(20)29)21-16(23)4-3-5-19(21)30-2/h3-9,14,26H,10-11H2,1-2H3,(H,27,29)/b20-12-. The van der Waals surface area contributed by atoms with Crippen LogP contribution in [0, 0.1) is 5.82 Å². The van der Waals surface area contributed by atoms with E-state index >= 15 is 0 Å². The van der Waals surface area contributed by atoms with E-state index in [0.717, 1.165) is 5.69 Å². The second-order valence-corrected chi connectivity index (χ2v) is 7.41. The van der Waals surface area contributed by atoms with Crippen LogP contribution in [0.15, 0.2) is 48.6 Å². The van der Waals surface area contributed by atoms with Crippen LogP contribution in [0.1, 0.15) is 18.5 Å². The zero-order valence-corrected chi connectivity index (χ0v) is 17.0. The number of halogens is 1. The van der Waals surface area contributed by atoms with Crippen LogP contribution in [0.25, 0.3) is 16.8 Å². The summed E-state index contributed by atoms with van der Waals surface area (Å²) >= 11 is 0. The number of hydrogen-bond donors (Lipinski definition) is 2. The molecule has 3 aromatic rings. The van der Waals surface area contributed by atoms with Crippen LogP contribution in [0.5, 0.6) is 5.75 Å². The lowest BCUT2D eigenvalue weighted by Crippen LogP contribution is -2.30. The Hall–Kier alpha value is -3.72. The maximum absolute atomic E-state index is 14.6. The van der Waals surface area contributed by atoms with Crippen LogP contribution in [-0.4, -0.2) is 41.0 Å². The maximum Gasteiger partial charge on any atom is 0.258 e. The summed E-state index contributed by atoms with van der Waals surface area (Å²) in [4.78, 5) is 17.0. The summed E-state index contributed by atoms with van der Waals surface area (Å²) in [5.74, 6) is -0.325. The van der Waals surface area contributed by atoms with Crippen molar-refractivity contribution in [2.24, 2.45) is 0 Å². The van der Waals surface area contributed by atoms with Gasteiger partial charge in [-0.05, 0) is 25.1 Å². The third-order valence-electron chi connectivity index (χ3n) is 5.40. The number of ether oxygens (including phenoxy) is 2. The zero-order chi connectivity index (χ0) is 21.5. The van der Waals surface area contributed by atoms with Crippen LogP contribution in [0.3, 0.4) is 0 Å². The second-order valence-electron chi connectivity index (χ2n) is 7.41. The minimum absolute atomic E-state index is 0.239. The van der Waals surface area contributed by atoms with Gasteiger partial charge in [-0.1, -0.05) is 6.07 Å². The Bertz CT molecular complexity index is 1220. The fourth-order valence-electron chi connectivity index (χ4n) is 3.76. The molecule has 2 aromatic heterocycles. The number of nitrogens with zero attached hydrogens (tertiary/aromatic N) is 3. The molecule has 0 saturated carbocycles. The Balaban J connectivity index is 1.52. The van der Waals surface area contributed by atoms with Gasteiger partial charge in [0.1, 0.15) is 11.6 Å². The number of methoxy groups -OCH3 is 1. The van der Waals surface area contributed by atoms with Gasteiger partial charge < -0.3 is 20.1 Å². The van der Waals surface area contributed by atoms with Crippen LogP contribution in [0.2, 0.25) is 0 Å². The lowest BCUT2D eigenvalue weighted by Gasteiger charge is -2.25.